The molecule has 62 valence electrons. The van der Waals surface area contributed by atoms with Crippen molar-refractivity contribution in [2.24, 2.45) is 0 Å². The van der Waals surface area contributed by atoms with E-state index in [-0.39, 0.29) is 0 Å². The molecule has 0 atom stereocenters. The van der Waals surface area contributed by atoms with E-state index in [0.29, 0.717) is 0 Å². The number of aryl methyl sites for hydroxylation is 1. The SMILES string of the molecule is CCc1nc(Br)[nH]c1CNC. The van der Waals surface area contributed by atoms with Gasteiger partial charge in [0.25, 0.3) is 0 Å². The van der Waals surface area contributed by atoms with E-state index >= 15 is 0 Å². The monoisotopic (exact) mass is 217 g/mol. The molecule has 1 aromatic rings. The molecule has 0 aliphatic rings. The number of rotatable bonds is 3. The van der Waals surface area contributed by atoms with Crippen LogP contribution < -0.4 is 5.32 Å². The normalized spacial score (nSPS) is 10.5. The van der Waals surface area contributed by atoms with E-state index in [2.05, 4.69) is 38.1 Å². The van der Waals surface area contributed by atoms with Crippen LogP contribution in [0, 0.1) is 0 Å². The number of aromatic nitrogens is 2. The Morgan fingerprint density at radius 3 is 2.91 bits per heavy atom. The third-order valence-corrected chi connectivity index (χ3v) is 1.90. The summed E-state index contributed by atoms with van der Waals surface area (Å²) in [5.41, 5.74) is 2.30. The Kier molecular flexibility index (Phi) is 3.08. The molecule has 0 saturated heterocycles. The maximum atomic E-state index is 4.27. The molecule has 0 aliphatic heterocycles. The molecular formula is C7H12BrN3. The summed E-state index contributed by atoms with van der Waals surface area (Å²) in [6.45, 7) is 2.95. The number of aromatic amines is 1. The van der Waals surface area contributed by atoms with Gasteiger partial charge in [0.2, 0.25) is 0 Å². The predicted molar refractivity (Wildman–Crippen MR) is 48.4 cm³/mol. The standard InChI is InChI=1S/C7H12BrN3/c1-3-5-6(4-9-2)11-7(8)10-5/h9H,3-4H2,1-2H3,(H,10,11). The zero-order valence-corrected chi connectivity index (χ0v) is 8.33. The van der Waals surface area contributed by atoms with Gasteiger partial charge in [-0.25, -0.2) is 4.98 Å². The highest BCUT2D eigenvalue weighted by Crippen LogP contribution is 2.10. The summed E-state index contributed by atoms with van der Waals surface area (Å²) in [5.74, 6) is 0. The average Bonchev–Trinajstić information content (AvgIpc) is 2.32. The van der Waals surface area contributed by atoms with Crippen LogP contribution in [0.5, 0.6) is 0 Å². The first-order chi connectivity index (χ1) is 5.27. The maximum Gasteiger partial charge on any atom is 0.174 e. The summed E-state index contributed by atoms with van der Waals surface area (Å²) >= 11 is 3.30. The second kappa shape index (κ2) is 3.88. The molecule has 1 heterocycles. The van der Waals surface area contributed by atoms with Gasteiger partial charge in [-0.2, -0.15) is 0 Å². The lowest BCUT2D eigenvalue weighted by Crippen LogP contribution is -2.07. The second-order valence-corrected chi connectivity index (χ2v) is 3.09. The summed E-state index contributed by atoms with van der Waals surface area (Å²) in [4.78, 5) is 7.41. The molecule has 0 aliphatic carbocycles. The fourth-order valence-corrected chi connectivity index (χ4v) is 1.48. The van der Waals surface area contributed by atoms with Gasteiger partial charge in [-0.1, -0.05) is 6.92 Å². The molecule has 1 aromatic heterocycles. The van der Waals surface area contributed by atoms with Crippen LogP contribution in [-0.2, 0) is 13.0 Å². The van der Waals surface area contributed by atoms with Crippen LogP contribution in [0.3, 0.4) is 0 Å². The van der Waals surface area contributed by atoms with Crippen molar-refractivity contribution < 1.29 is 0 Å². The van der Waals surface area contributed by atoms with Crippen LogP contribution in [0.15, 0.2) is 4.73 Å². The molecule has 4 heteroatoms. The fraction of sp³-hybridized carbons (Fsp3) is 0.571. The van der Waals surface area contributed by atoms with Gasteiger partial charge in [0.15, 0.2) is 4.73 Å². The molecule has 0 spiro atoms. The van der Waals surface area contributed by atoms with Gasteiger partial charge < -0.3 is 10.3 Å². The van der Waals surface area contributed by atoms with Crippen molar-refractivity contribution in [3.8, 4) is 0 Å². The highest BCUT2D eigenvalue weighted by molar-refractivity contribution is 9.10. The first-order valence-electron chi connectivity index (χ1n) is 3.65. The number of nitrogens with one attached hydrogen (secondary N) is 2. The smallest absolute Gasteiger partial charge is 0.174 e. The molecule has 0 fully saturated rings. The largest absolute Gasteiger partial charge is 0.335 e. The second-order valence-electron chi connectivity index (χ2n) is 2.34. The van der Waals surface area contributed by atoms with Gasteiger partial charge in [0.1, 0.15) is 0 Å². The Morgan fingerprint density at radius 1 is 1.64 bits per heavy atom. The van der Waals surface area contributed by atoms with E-state index in [4.69, 9.17) is 0 Å². The van der Waals surface area contributed by atoms with Crippen molar-refractivity contribution in [2.75, 3.05) is 7.05 Å². The van der Waals surface area contributed by atoms with Crippen LogP contribution in [0.4, 0.5) is 0 Å². The van der Waals surface area contributed by atoms with Gasteiger partial charge in [0, 0.05) is 6.54 Å². The van der Waals surface area contributed by atoms with E-state index < -0.39 is 0 Å². The van der Waals surface area contributed by atoms with Gasteiger partial charge >= 0.3 is 0 Å². The Labute approximate surface area is 74.7 Å². The van der Waals surface area contributed by atoms with Crippen molar-refractivity contribution in [1.82, 2.24) is 15.3 Å². The van der Waals surface area contributed by atoms with Crippen molar-refractivity contribution in [3.63, 3.8) is 0 Å². The molecule has 0 bridgehead atoms. The highest BCUT2D eigenvalue weighted by atomic mass is 79.9. The van der Waals surface area contributed by atoms with E-state index in [0.717, 1.165) is 23.4 Å². The average molecular weight is 218 g/mol. The Balaban J connectivity index is 2.83. The third kappa shape index (κ3) is 2.04. The summed E-state index contributed by atoms with van der Waals surface area (Å²) in [7, 11) is 1.92. The zero-order valence-electron chi connectivity index (χ0n) is 6.74. The zero-order chi connectivity index (χ0) is 8.27. The van der Waals surface area contributed by atoms with E-state index in [1.165, 1.54) is 5.69 Å². The Bertz CT molecular complexity index is 232. The van der Waals surface area contributed by atoms with Gasteiger partial charge in [-0.15, -0.1) is 0 Å². The fourth-order valence-electron chi connectivity index (χ4n) is 1.03. The van der Waals surface area contributed by atoms with Crippen LogP contribution in [0.2, 0.25) is 0 Å². The van der Waals surface area contributed by atoms with Crippen LogP contribution >= 0.6 is 15.9 Å². The van der Waals surface area contributed by atoms with E-state index in [9.17, 15) is 0 Å². The lowest BCUT2D eigenvalue weighted by Gasteiger charge is -1.96. The number of imidazole rings is 1. The topological polar surface area (TPSA) is 40.7 Å². The van der Waals surface area contributed by atoms with E-state index in [1.807, 2.05) is 7.05 Å². The molecule has 11 heavy (non-hydrogen) atoms. The third-order valence-electron chi connectivity index (χ3n) is 1.52. The van der Waals surface area contributed by atoms with Crippen molar-refractivity contribution in [1.29, 1.82) is 0 Å². The number of halogens is 1. The molecule has 0 saturated carbocycles. The lowest BCUT2D eigenvalue weighted by atomic mass is 10.3. The van der Waals surface area contributed by atoms with Crippen LogP contribution in [-0.4, -0.2) is 17.0 Å². The van der Waals surface area contributed by atoms with Gasteiger partial charge in [-0.3, -0.25) is 0 Å². The molecule has 1 rings (SSSR count). The number of hydrogen-bond acceptors (Lipinski definition) is 2. The molecular weight excluding hydrogens is 206 g/mol. The number of H-pyrrole nitrogens is 1. The number of nitrogens with zero attached hydrogens (tertiary/aromatic N) is 1. The summed E-state index contributed by atoms with van der Waals surface area (Å²) in [6, 6.07) is 0. The van der Waals surface area contributed by atoms with E-state index in [1.54, 1.807) is 0 Å². The first kappa shape index (κ1) is 8.74. The molecule has 0 unspecified atom stereocenters. The molecule has 0 aromatic carbocycles. The summed E-state index contributed by atoms with van der Waals surface area (Å²) in [5, 5.41) is 3.08. The molecule has 0 radical (unpaired) electrons. The van der Waals surface area contributed by atoms with Gasteiger partial charge in [0.05, 0.1) is 11.4 Å². The van der Waals surface area contributed by atoms with Gasteiger partial charge in [-0.05, 0) is 29.4 Å². The predicted octanol–water partition coefficient (Wildman–Crippen LogP) is 1.45. The molecule has 2 N–H and O–H groups in total. The van der Waals surface area contributed by atoms with Crippen LogP contribution in [0.25, 0.3) is 0 Å². The quantitative estimate of drug-likeness (QED) is 0.806. The minimum atomic E-state index is 0.819. The van der Waals surface area contributed by atoms with Crippen molar-refractivity contribution in [3.05, 3.63) is 16.1 Å². The lowest BCUT2D eigenvalue weighted by molar-refractivity contribution is 0.783. The highest BCUT2D eigenvalue weighted by Gasteiger charge is 2.04. The maximum absolute atomic E-state index is 4.27. The Hall–Kier alpha value is -0.350. The van der Waals surface area contributed by atoms with Crippen molar-refractivity contribution >= 4 is 15.9 Å². The minimum Gasteiger partial charge on any atom is -0.335 e. The van der Waals surface area contributed by atoms with Crippen molar-refractivity contribution in [2.45, 2.75) is 19.9 Å². The first-order valence-corrected chi connectivity index (χ1v) is 4.45. The number of hydrogen-bond donors (Lipinski definition) is 2. The van der Waals surface area contributed by atoms with Crippen LogP contribution in [0.1, 0.15) is 18.3 Å². The summed E-state index contributed by atoms with van der Waals surface area (Å²) in [6.07, 6.45) is 0.971. The summed E-state index contributed by atoms with van der Waals surface area (Å²) < 4.78 is 0.819. The Morgan fingerprint density at radius 2 is 2.36 bits per heavy atom. The molecule has 0 amide bonds. The molecule has 3 nitrogen and oxygen atoms in total. The minimum absolute atomic E-state index is 0.819.